The molecular weight excluding hydrogens is 406 g/mol. The van der Waals surface area contributed by atoms with E-state index in [-0.39, 0.29) is 22.5 Å². The summed E-state index contributed by atoms with van der Waals surface area (Å²) in [7, 11) is 0. The molecular formula is C22H18ClN3O4. The van der Waals surface area contributed by atoms with E-state index in [0.29, 0.717) is 21.7 Å². The van der Waals surface area contributed by atoms with Gasteiger partial charge in [-0.15, -0.1) is 0 Å². The van der Waals surface area contributed by atoms with Crippen molar-refractivity contribution in [2.45, 2.75) is 13.0 Å². The number of benzene rings is 2. The quantitative estimate of drug-likeness (QED) is 0.265. The van der Waals surface area contributed by atoms with Gasteiger partial charge in [0.25, 0.3) is 5.69 Å². The SMILES string of the molecule is Cc1ccc(C(=O)C(=C(N)c2ccc(Cl)cc2)C(O)c2cccnc2)cc1[N+](=O)[O-]. The van der Waals surface area contributed by atoms with Gasteiger partial charge in [-0.1, -0.05) is 41.9 Å². The predicted molar refractivity (Wildman–Crippen MR) is 114 cm³/mol. The van der Waals surface area contributed by atoms with Crippen LogP contribution < -0.4 is 5.73 Å². The van der Waals surface area contributed by atoms with Crippen molar-refractivity contribution in [3.05, 3.63) is 110 Å². The predicted octanol–water partition coefficient (Wildman–Crippen LogP) is 4.24. The molecule has 0 fully saturated rings. The largest absolute Gasteiger partial charge is 0.398 e. The molecule has 1 unspecified atom stereocenters. The molecule has 0 saturated carbocycles. The summed E-state index contributed by atoms with van der Waals surface area (Å²) >= 11 is 5.93. The maximum absolute atomic E-state index is 13.4. The van der Waals surface area contributed by atoms with Gasteiger partial charge in [0.2, 0.25) is 0 Å². The van der Waals surface area contributed by atoms with Crippen LogP contribution in [0.15, 0.2) is 72.6 Å². The van der Waals surface area contributed by atoms with Gasteiger partial charge in [-0.3, -0.25) is 19.9 Å². The van der Waals surface area contributed by atoms with Gasteiger partial charge < -0.3 is 10.8 Å². The molecule has 3 N–H and O–H groups in total. The zero-order valence-electron chi connectivity index (χ0n) is 15.9. The lowest BCUT2D eigenvalue weighted by atomic mass is 9.91. The number of rotatable bonds is 6. The number of carbonyl (C=O) groups is 1. The van der Waals surface area contributed by atoms with Crippen LogP contribution >= 0.6 is 11.6 Å². The molecule has 152 valence electrons. The van der Waals surface area contributed by atoms with Gasteiger partial charge >= 0.3 is 0 Å². The number of aliphatic hydroxyl groups excluding tert-OH is 1. The smallest absolute Gasteiger partial charge is 0.273 e. The Hall–Kier alpha value is -3.55. The molecule has 0 aliphatic carbocycles. The summed E-state index contributed by atoms with van der Waals surface area (Å²) < 4.78 is 0. The molecule has 2 aromatic carbocycles. The second-order valence-corrected chi connectivity index (χ2v) is 7.05. The fourth-order valence-electron chi connectivity index (χ4n) is 2.99. The van der Waals surface area contributed by atoms with E-state index < -0.39 is 16.8 Å². The van der Waals surface area contributed by atoms with Crippen molar-refractivity contribution in [1.29, 1.82) is 0 Å². The second kappa shape index (κ2) is 8.86. The minimum atomic E-state index is -1.39. The zero-order chi connectivity index (χ0) is 21.8. The van der Waals surface area contributed by atoms with Crippen LogP contribution in [0.5, 0.6) is 0 Å². The molecule has 0 amide bonds. The van der Waals surface area contributed by atoms with Crippen molar-refractivity contribution in [2.24, 2.45) is 5.73 Å². The molecule has 30 heavy (non-hydrogen) atoms. The second-order valence-electron chi connectivity index (χ2n) is 6.61. The number of aliphatic hydroxyl groups is 1. The Balaban J connectivity index is 2.18. The van der Waals surface area contributed by atoms with Crippen LogP contribution in [0.3, 0.4) is 0 Å². The highest BCUT2D eigenvalue weighted by atomic mass is 35.5. The fraction of sp³-hybridized carbons (Fsp3) is 0.0909. The van der Waals surface area contributed by atoms with Gasteiger partial charge in [0.15, 0.2) is 5.78 Å². The van der Waals surface area contributed by atoms with E-state index in [1.807, 2.05) is 0 Å². The zero-order valence-corrected chi connectivity index (χ0v) is 16.7. The van der Waals surface area contributed by atoms with Gasteiger partial charge in [0.1, 0.15) is 6.10 Å². The number of carbonyl (C=O) groups excluding carboxylic acids is 1. The molecule has 7 nitrogen and oxygen atoms in total. The summed E-state index contributed by atoms with van der Waals surface area (Å²) in [6.07, 6.45) is 1.57. The Kier molecular flexibility index (Phi) is 6.25. The summed E-state index contributed by atoms with van der Waals surface area (Å²) in [5.41, 5.74) is 7.33. The number of hydrogen-bond donors (Lipinski definition) is 2. The van der Waals surface area contributed by atoms with Gasteiger partial charge in [0, 0.05) is 45.9 Å². The average molecular weight is 424 g/mol. The third-order valence-corrected chi connectivity index (χ3v) is 4.88. The van der Waals surface area contributed by atoms with Crippen LogP contribution in [0.4, 0.5) is 5.69 Å². The number of nitrogens with two attached hydrogens (primary N) is 1. The van der Waals surface area contributed by atoms with Crippen LogP contribution in [-0.2, 0) is 0 Å². The highest BCUT2D eigenvalue weighted by Gasteiger charge is 2.27. The summed E-state index contributed by atoms with van der Waals surface area (Å²) in [5.74, 6) is -0.623. The van der Waals surface area contributed by atoms with Gasteiger partial charge in [-0.05, 0) is 30.7 Å². The highest BCUT2D eigenvalue weighted by molar-refractivity contribution is 6.30. The van der Waals surface area contributed by atoms with Crippen molar-refractivity contribution in [1.82, 2.24) is 4.98 Å². The van der Waals surface area contributed by atoms with Crippen molar-refractivity contribution in [2.75, 3.05) is 0 Å². The summed E-state index contributed by atoms with van der Waals surface area (Å²) in [5, 5.41) is 22.8. The molecule has 1 heterocycles. The van der Waals surface area contributed by atoms with Crippen LogP contribution in [-0.4, -0.2) is 20.8 Å². The Morgan fingerprint density at radius 1 is 1.17 bits per heavy atom. The summed E-state index contributed by atoms with van der Waals surface area (Å²) in [4.78, 5) is 28.1. The molecule has 0 bridgehead atoms. The Bertz CT molecular complexity index is 1130. The van der Waals surface area contributed by atoms with Crippen molar-refractivity contribution in [3.63, 3.8) is 0 Å². The molecule has 0 radical (unpaired) electrons. The first-order chi connectivity index (χ1) is 14.3. The molecule has 0 aliphatic heterocycles. The van der Waals surface area contributed by atoms with Crippen molar-refractivity contribution < 1.29 is 14.8 Å². The minimum Gasteiger partial charge on any atom is -0.398 e. The maximum Gasteiger partial charge on any atom is 0.273 e. The van der Waals surface area contributed by atoms with E-state index in [9.17, 15) is 20.0 Å². The maximum atomic E-state index is 13.4. The van der Waals surface area contributed by atoms with E-state index in [4.69, 9.17) is 17.3 Å². The molecule has 0 saturated heterocycles. The van der Waals surface area contributed by atoms with Crippen LogP contribution in [0.1, 0.15) is 33.2 Å². The molecule has 1 atom stereocenters. The van der Waals surface area contributed by atoms with Gasteiger partial charge in [-0.25, -0.2) is 0 Å². The van der Waals surface area contributed by atoms with Crippen LogP contribution in [0.2, 0.25) is 5.02 Å². The fourth-order valence-corrected chi connectivity index (χ4v) is 3.11. The molecule has 3 aromatic rings. The lowest BCUT2D eigenvalue weighted by Gasteiger charge is -2.18. The molecule has 0 spiro atoms. The third-order valence-electron chi connectivity index (χ3n) is 4.63. The molecule has 1 aromatic heterocycles. The minimum absolute atomic E-state index is 0.0382. The average Bonchev–Trinajstić information content (AvgIpc) is 2.74. The molecule has 8 heteroatoms. The number of hydrogen-bond acceptors (Lipinski definition) is 6. The molecule has 3 rings (SSSR count). The number of aromatic nitrogens is 1. The number of halogens is 1. The Morgan fingerprint density at radius 3 is 2.43 bits per heavy atom. The van der Waals surface area contributed by atoms with Gasteiger partial charge in [-0.2, -0.15) is 0 Å². The van der Waals surface area contributed by atoms with Crippen molar-refractivity contribution >= 4 is 28.8 Å². The number of Topliss-reactive ketones (excluding diaryl/α,β-unsaturated/α-hetero) is 1. The van der Waals surface area contributed by atoms with Gasteiger partial charge in [0.05, 0.1) is 10.5 Å². The topological polar surface area (TPSA) is 119 Å². The summed E-state index contributed by atoms with van der Waals surface area (Å²) in [6.45, 7) is 1.58. The van der Waals surface area contributed by atoms with E-state index in [1.54, 1.807) is 43.3 Å². The Morgan fingerprint density at radius 2 is 1.83 bits per heavy atom. The number of ketones is 1. The highest BCUT2D eigenvalue weighted by Crippen LogP contribution is 2.31. The number of nitro benzene ring substituents is 1. The summed E-state index contributed by atoms with van der Waals surface area (Å²) in [6, 6.07) is 13.8. The van der Waals surface area contributed by atoms with E-state index in [0.717, 1.165) is 0 Å². The first-order valence-electron chi connectivity index (χ1n) is 8.93. The number of aryl methyl sites for hydroxylation is 1. The molecule has 0 aliphatic rings. The number of pyridine rings is 1. The lowest BCUT2D eigenvalue weighted by Crippen LogP contribution is -2.18. The standard InChI is InChI=1S/C22H18ClN3O4/c1-13-4-5-15(11-18(13)26(29)30)21(27)19(22(28)16-3-2-10-25-12-16)20(24)14-6-8-17(23)9-7-14/h2-12,22,28H,24H2,1H3. The first kappa shape index (κ1) is 21.2. The number of nitro groups is 1. The van der Waals surface area contributed by atoms with Crippen molar-refractivity contribution in [3.8, 4) is 0 Å². The van der Waals surface area contributed by atoms with Crippen LogP contribution in [0.25, 0.3) is 5.70 Å². The monoisotopic (exact) mass is 423 g/mol. The van der Waals surface area contributed by atoms with Crippen LogP contribution in [0, 0.1) is 17.0 Å². The number of nitrogens with zero attached hydrogens (tertiary/aromatic N) is 2. The van der Waals surface area contributed by atoms with E-state index in [1.165, 1.54) is 30.6 Å². The normalized spacial score (nSPS) is 12.8. The van der Waals surface area contributed by atoms with E-state index in [2.05, 4.69) is 4.98 Å². The van der Waals surface area contributed by atoms with E-state index >= 15 is 0 Å². The third kappa shape index (κ3) is 4.37. The first-order valence-corrected chi connectivity index (χ1v) is 9.30. The Labute approximate surface area is 177 Å². The lowest BCUT2D eigenvalue weighted by molar-refractivity contribution is -0.385.